The maximum absolute atomic E-state index is 5.96. The van der Waals surface area contributed by atoms with Gasteiger partial charge in [0.1, 0.15) is 0 Å². The molecule has 0 spiro atoms. The fraction of sp³-hybridized carbons (Fsp3) is 1.00. The topological polar surface area (TPSA) is 26.0 Å². The Bertz CT molecular complexity index is 108. The molecule has 0 heterocycles. The molecule has 2 saturated carbocycles. The molecular weight excluding hydrogens is 146 g/mol. The lowest BCUT2D eigenvalue weighted by Crippen LogP contribution is -2.33. The number of hydrogen-bond donors (Lipinski definition) is 1. The van der Waals surface area contributed by atoms with Crippen molar-refractivity contribution in [2.24, 2.45) is 23.5 Å². The third-order valence-corrected chi connectivity index (χ3v) is 3.41. The van der Waals surface area contributed by atoms with Crippen molar-refractivity contribution in [3.63, 3.8) is 0 Å². The third kappa shape index (κ3) is 0.960. The summed E-state index contributed by atoms with van der Waals surface area (Å²) in [5.41, 5.74) is 5.96. The highest BCUT2D eigenvalue weighted by atomic mass is 35.5. The normalized spacial score (nSPS) is 51.0. The van der Waals surface area contributed by atoms with E-state index >= 15 is 0 Å². The van der Waals surface area contributed by atoms with E-state index < -0.39 is 0 Å². The van der Waals surface area contributed by atoms with Gasteiger partial charge in [-0.1, -0.05) is 6.92 Å². The third-order valence-electron chi connectivity index (χ3n) is 3.41. The van der Waals surface area contributed by atoms with Crippen molar-refractivity contribution in [1.82, 2.24) is 0 Å². The van der Waals surface area contributed by atoms with Gasteiger partial charge in [0.25, 0.3) is 0 Å². The van der Waals surface area contributed by atoms with Gasteiger partial charge in [0.2, 0.25) is 0 Å². The highest BCUT2D eigenvalue weighted by Gasteiger charge is 2.42. The molecule has 2 heteroatoms. The Morgan fingerprint density at radius 1 is 1.20 bits per heavy atom. The van der Waals surface area contributed by atoms with Gasteiger partial charge < -0.3 is 5.73 Å². The molecule has 0 radical (unpaired) electrons. The second-order valence-corrected chi connectivity index (χ2v) is 3.77. The molecule has 2 bridgehead atoms. The first-order valence-corrected chi connectivity index (χ1v) is 4.04. The highest BCUT2D eigenvalue weighted by molar-refractivity contribution is 5.85. The van der Waals surface area contributed by atoms with E-state index in [1.54, 1.807) is 0 Å². The molecule has 0 aromatic heterocycles. The van der Waals surface area contributed by atoms with Crippen LogP contribution in [0.2, 0.25) is 0 Å². The van der Waals surface area contributed by atoms with Crippen LogP contribution in [-0.4, -0.2) is 6.04 Å². The number of hydrogen-bond acceptors (Lipinski definition) is 1. The average Bonchev–Trinajstić information content (AvgIpc) is 2.37. The van der Waals surface area contributed by atoms with Crippen LogP contribution in [0.5, 0.6) is 0 Å². The minimum Gasteiger partial charge on any atom is -0.327 e. The van der Waals surface area contributed by atoms with Crippen LogP contribution in [0.3, 0.4) is 0 Å². The van der Waals surface area contributed by atoms with Crippen molar-refractivity contribution in [2.75, 3.05) is 0 Å². The minimum absolute atomic E-state index is 0. The van der Waals surface area contributed by atoms with E-state index in [2.05, 4.69) is 6.92 Å². The summed E-state index contributed by atoms with van der Waals surface area (Å²) in [7, 11) is 0. The first-order valence-electron chi connectivity index (χ1n) is 4.04. The van der Waals surface area contributed by atoms with Crippen molar-refractivity contribution >= 4 is 12.4 Å². The summed E-state index contributed by atoms with van der Waals surface area (Å²) < 4.78 is 0. The number of rotatable bonds is 0. The van der Waals surface area contributed by atoms with E-state index in [1.165, 1.54) is 19.3 Å². The Labute approximate surface area is 68.8 Å². The van der Waals surface area contributed by atoms with E-state index in [0.717, 1.165) is 17.8 Å². The molecule has 0 amide bonds. The molecule has 2 fully saturated rings. The van der Waals surface area contributed by atoms with Crippen LogP contribution in [0.4, 0.5) is 0 Å². The molecule has 1 nitrogen and oxygen atoms in total. The van der Waals surface area contributed by atoms with E-state index in [9.17, 15) is 0 Å². The molecule has 2 aliphatic rings. The van der Waals surface area contributed by atoms with Gasteiger partial charge in [-0.2, -0.15) is 0 Å². The van der Waals surface area contributed by atoms with E-state index in [1.807, 2.05) is 0 Å². The zero-order valence-electron chi connectivity index (χ0n) is 6.42. The molecule has 0 unspecified atom stereocenters. The first kappa shape index (κ1) is 8.35. The van der Waals surface area contributed by atoms with Gasteiger partial charge in [0.15, 0.2) is 0 Å². The Kier molecular flexibility index (Phi) is 2.26. The van der Waals surface area contributed by atoms with Crippen LogP contribution in [0.15, 0.2) is 0 Å². The zero-order valence-corrected chi connectivity index (χ0v) is 7.23. The molecule has 2 rings (SSSR count). The van der Waals surface area contributed by atoms with Crippen LogP contribution in [-0.2, 0) is 0 Å². The maximum Gasteiger partial charge on any atom is 0.00957 e. The van der Waals surface area contributed by atoms with Crippen molar-refractivity contribution in [3.8, 4) is 0 Å². The summed E-state index contributed by atoms with van der Waals surface area (Å²) in [6.45, 7) is 2.31. The fourth-order valence-corrected chi connectivity index (χ4v) is 2.62. The van der Waals surface area contributed by atoms with Crippen LogP contribution < -0.4 is 5.73 Å². The summed E-state index contributed by atoms with van der Waals surface area (Å²) in [5.74, 6) is 2.71. The van der Waals surface area contributed by atoms with E-state index in [-0.39, 0.29) is 12.4 Å². The Hall–Kier alpha value is 0.250. The van der Waals surface area contributed by atoms with Crippen LogP contribution in [0.25, 0.3) is 0 Å². The highest BCUT2D eigenvalue weighted by Crippen LogP contribution is 2.47. The lowest BCUT2D eigenvalue weighted by atomic mass is 9.87. The van der Waals surface area contributed by atoms with Gasteiger partial charge in [0.05, 0.1) is 0 Å². The molecule has 2 N–H and O–H groups in total. The molecule has 4 atom stereocenters. The van der Waals surface area contributed by atoms with Gasteiger partial charge >= 0.3 is 0 Å². The van der Waals surface area contributed by atoms with Gasteiger partial charge in [-0.05, 0) is 37.0 Å². The lowest BCUT2D eigenvalue weighted by molar-refractivity contribution is 0.312. The summed E-state index contributed by atoms with van der Waals surface area (Å²) >= 11 is 0. The number of fused-ring (bicyclic) bond motifs is 2. The molecule has 0 saturated heterocycles. The quantitative estimate of drug-likeness (QED) is 0.576. The Balaban J connectivity index is 0.000000500. The average molecular weight is 162 g/mol. The van der Waals surface area contributed by atoms with Gasteiger partial charge in [0, 0.05) is 6.04 Å². The predicted molar refractivity (Wildman–Crippen MR) is 45.2 cm³/mol. The van der Waals surface area contributed by atoms with Crippen molar-refractivity contribution in [2.45, 2.75) is 32.2 Å². The predicted octanol–water partition coefficient (Wildman–Crippen LogP) is 1.80. The molecular formula is C8H16ClN. The smallest absolute Gasteiger partial charge is 0.00957 e. The van der Waals surface area contributed by atoms with Crippen LogP contribution in [0, 0.1) is 17.8 Å². The molecule has 0 aliphatic heterocycles. The molecule has 10 heavy (non-hydrogen) atoms. The molecule has 0 aromatic carbocycles. The number of nitrogens with two attached hydrogens (primary N) is 1. The SMILES string of the molecule is C[C@H]1[C@@H]2CC[C@@H](C2)[C@@H]1N.Cl. The number of halogens is 1. The largest absolute Gasteiger partial charge is 0.327 e. The summed E-state index contributed by atoms with van der Waals surface area (Å²) in [4.78, 5) is 0. The van der Waals surface area contributed by atoms with Crippen molar-refractivity contribution in [3.05, 3.63) is 0 Å². The molecule has 60 valence electrons. The Morgan fingerprint density at radius 3 is 2.10 bits per heavy atom. The van der Waals surface area contributed by atoms with Gasteiger partial charge in [-0.3, -0.25) is 0 Å². The summed E-state index contributed by atoms with van der Waals surface area (Å²) in [6.07, 6.45) is 4.30. The van der Waals surface area contributed by atoms with Crippen molar-refractivity contribution in [1.29, 1.82) is 0 Å². The van der Waals surface area contributed by atoms with Gasteiger partial charge in [-0.15, -0.1) is 12.4 Å². The van der Waals surface area contributed by atoms with Crippen molar-refractivity contribution < 1.29 is 0 Å². The second-order valence-electron chi connectivity index (χ2n) is 3.77. The maximum atomic E-state index is 5.96. The summed E-state index contributed by atoms with van der Waals surface area (Å²) in [6, 6.07) is 0.545. The van der Waals surface area contributed by atoms with E-state index in [0.29, 0.717) is 6.04 Å². The zero-order chi connectivity index (χ0) is 6.43. The van der Waals surface area contributed by atoms with Crippen LogP contribution in [0.1, 0.15) is 26.2 Å². The van der Waals surface area contributed by atoms with E-state index in [4.69, 9.17) is 5.73 Å². The standard InChI is InChI=1S/C8H15N.ClH/c1-5-6-2-3-7(4-6)8(5)9;/h5-8H,2-4,9H2,1H3;1H/t5-,6+,7-,8+;/m0./s1. The summed E-state index contributed by atoms with van der Waals surface area (Å²) in [5, 5.41) is 0. The Morgan fingerprint density at radius 2 is 1.80 bits per heavy atom. The molecule has 2 aliphatic carbocycles. The van der Waals surface area contributed by atoms with Crippen LogP contribution >= 0.6 is 12.4 Å². The monoisotopic (exact) mass is 161 g/mol. The fourth-order valence-electron chi connectivity index (χ4n) is 2.62. The minimum atomic E-state index is 0. The molecule has 0 aromatic rings. The first-order chi connectivity index (χ1) is 4.29. The second kappa shape index (κ2) is 2.71. The lowest BCUT2D eigenvalue weighted by Gasteiger charge is -2.23. The van der Waals surface area contributed by atoms with Gasteiger partial charge in [-0.25, -0.2) is 0 Å².